The number of nitrogens with zero attached hydrogens (tertiary/aromatic N) is 1. The average Bonchev–Trinajstić information content (AvgIpc) is 2.75. The van der Waals surface area contributed by atoms with E-state index in [1.54, 1.807) is 42.6 Å². The zero-order valence-electron chi connectivity index (χ0n) is 15.8. The fourth-order valence-corrected chi connectivity index (χ4v) is 2.98. The molecular formula is C23H23N3O2. The predicted molar refractivity (Wildman–Crippen MR) is 110 cm³/mol. The predicted octanol–water partition coefficient (Wildman–Crippen LogP) is 4.61. The third-order valence-electron chi connectivity index (χ3n) is 4.39. The fraction of sp³-hybridized carbons (Fsp3) is 0.174. The summed E-state index contributed by atoms with van der Waals surface area (Å²) in [5.74, 6) is -0.432. The molecule has 0 fully saturated rings. The van der Waals surface area contributed by atoms with Gasteiger partial charge in [0.1, 0.15) is 0 Å². The van der Waals surface area contributed by atoms with Gasteiger partial charge in [-0.25, -0.2) is 0 Å². The van der Waals surface area contributed by atoms with E-state index in [0.29, 0.717) is 16.8 Å². The van der Waals surface area contributed by atoms with Crippen molar-refractivity contribution in [2.45, 2.75) is 25.8 Å². The van der Waals surface area contributed by atoms with Crippen LogP contribution in [-0.2, 0) is 0 Å². The molecular weight excluding hydrogens is 350 g/mol. The minimum Gasteiger partial charge on any atom is -0.345 e. The summed E-state index contributed by atoms with van der Waals surface area (Å²) in [6.07, 6.45) is 4.93. The van der Waals surface area contributed by atoms with Crippen LogP contribution in [-0.4, -0.2) is 16.8 Å². The van der Waals surface area contributed by atoms with Crippen molar-refractivity contribution >= 4 is 17.5 Å². The summed E-state index contributed by atoms with van der Waals surface area (Å²) in [7, 11) is 0. The Bertz CT molecular complexity index is 927. The van der Waals surface area contributed by atoms with E-state index in [9.17, 15) is 9.59 Å². The van der Waals surface area contributed by atoms with Gasteiger partial charge in [-0.05, 0) is 42.3 Å². The van der Waals surface area contributed by atoms with E-state index in [0.717, 1.165) is 18.4 Å². The molecule has 0 aliphatic carbocycles. The second-order valence-corrected chi connectivity index (χ2v) is 6.50. The molecule has 0 bridgehead atoms. The Morgan fingerprint density at radius 1 is 0.929 bits per heavy atom. The zero-order valence-corrected chi connectivity index (χ0v) is 15.8. The molecule has 3 aromatic rings. The van der Waals surface area contributed by atoms with Crippen LogP contribution in [0.5, 0.6) is 0 Å². The van der Waals surface area contributed by atoms with E-state index in [1.165, 1.54) is 6.20 Å². The Hall–Kier alpha value is -3.47. The Labute approximate surface area is 164 Å². The molecule has 0 unspecified atom stereocenters. The molecule has 0 spiro atoms. The van der Waals surface area contributed by atoms with Crippen LogP contribution in [0.25, 0.3) is 0 Å². The van der Waals surface area contributed by atoms with E-state index in [-0.39, 0.29) is 17.9 Å². The summed E-state index contributed by atoms with van der Waals surface area (Å²) in [6, 6.07) is 20.2. The van der Waals surface area contributed by atoms with Gasteiger partial charge in [0, 0.05) is 23.6 Å². The lowest BCUT2D eigenvalue weighted by atomic mass is 10.0. The van der Waals surface area contributed by atoms with Crippen LogP contribution in [0.2, 0.25) is 0 Å². The van der Waals surface area contributed by atoms with Crippen LogP contribution in [0.15, 0.2) is 79.1 Å². The van der Waals surface area contributed by atoms with Crippen molar-refractivity contribution in [2.75, 3.05) is 5.32 Å². The highest BCUT2D eigenvalue weighted by molar-refractivity contribution is 6.04. The van der Waals surface area contributed by atoms with Gasteiger partial charge in [-0.2, -0.15) is 0 Å². The van der Waals surface area contributed by atoms with Crippen molar-refractivity contribution in [1.29, 1.82) is 0 Å². The number of benzene rings is 2. The van der Waals surface area contributed by atoms with E-state index >= 15 is 0 Å². The topological polar surface area (TPSA) is 71.1 Å². The molecule has 0 aliphatic rings. The number of carbonyl (C=O) groups is 2. The summed E-state index contributed by atoms with van der Waals surface area (Å²) < 4.78 is 0. The van der Waals surface area contributed by atoms with Gasteiger partial charge < -0.3 is 10.6 Å². The number of carbonyl (C=O) groups excluding carboxylic acids is 2. The molecule has 1 heterocycles. The van der Waals surface area contributed by atoms with Crippen LogP contribution in [0, 0.1) is 0 Å². The first-order valence-corrected chi connectivity index (χ1v) is 9.34. The quantitative estimate of drug-likeness (QED) is 0.635. The van der Waals surface area contributed by atoms with E-state index in [4.69, 9.17) is 0 Å². The second kappa shape index (κ2) is 9.46. The molecule has 0 saturated carbocycles. The van der Waals surface area contributed by atoms with Crippen LogP contribution < -0.4 is 10.6 Å². The standard InChI is InChI=1S/C23H23N3O2/c1-2-8-21(17-9-4-3-5-10-17)26-22(27)18-11-6-13-20(15-18)25-23(28)19-12-7-14-24-16-19/h3-7,9-16,21H,2,8H2,1H3,(H,25,28)(H,26,27)/t21-/m0/s1. The third-order valence-corrected chi connectivity index (χ3v) is 4.39. The lowest BCUT2D eigenvalue weighted by Gasteiger charge is -2.19. The highest BCUT2D eigenvalue weighted by Crippen LogP contribution is 2.20. The first kappa shape index (κ1) is 19.3. The average molecular weight is 373 g/mol. The van der Waals surface area contributed by atoms with Crippen molar-refractivity contribution in [2.24, 2.45) is 0 Å². The lowest BCUT2D eigenvalue weighted by Crippen LogP contribution is -2.28. The molecule has 2 N–H and O–H groups in total. The first-order chi connectivity index (χ1) is 13.7. The minimum atomic E-state index is -0.265. The zero-order chi connectivity index (χ0) is 19.8. The summed E-state index contributed by atoms with van der Waals surface area (Å²) in [6.45, 7) is 2.09. The maximum atomic E-state index is 12.8. The van der Waals surface area contributed by atoms with Crippen molar-refractivity contribution in [3.8, 4) is 0 Å². The Morgan fingerprint density at radius 3 is 2.43 bits per heavy atom. The van der Waals surface area contributed by atoms with E-state index in [1.807, 2.05) is 30.3 Å². The largest absolute Gasteiger partial charge is 0.345 e. The molecule has 142 valence electrons. The number of nitrogens with one attached hydrogen (secondary N) is 2. The number of anilines is 1. The van der Waals surface area contributed by atoms with E-state index in [2.05, 4.69) is 22.5 Å². The normalized spacial score (nSPS) is 11.5. The number of rotatable bonds is 7. The van der Waals surface area contributed by atoms with Gasteiger partial charge in [0.05, 0.1) is 11.6 Å². The molecule has 1 aromatic heterocycles. The maximum Gasteiger partial charge on any atom is 0.257 e. The van der Waals surface area contributed by atoms with Gasteiger partial charge in [-0.3, -0.25) is 14.6 Å². The van der Waals surface area contributed by atoms with Crippen LogP contribution in [0.4, 0.5) is 5.69 Å². The molecule has 28 heavy (non-hydrogen) atoms. The molecule has 5 nitrogen and oxygen atoms in total. The summed E-state index contributed by atoms with van der Waals surface area (Å²) in [4.78, 5) is 29.0. The molecule has 1 atom stereocenters. The van der Waals surface area contributed by atoms with Crippen molar-refractivity contribution in [1.82, 2.24) is 10.3 Å². The summed E-state index contributed by atoms with van der Waals surface area (Å²) in [5, 5.41) is 5.91. The Balaban J connectivity index is 1.72. The summed E-state index contributed by atoms with van der Waals surface area (Å²) >= 11 is 0. The number of hydrogen-bond donors (Lipinski definition) is 2. The number of aromatic nitrogens is 1. The lowest BCUT2D eigenvalue weighted by molar-refractivity contribution is 0.0933. The number of pyridine rings is 1. The molecule has 5 heteroatoms. The highest BCUT2D eigenvalue weighted by Gasteiger charge is 2.15. The Morgan fingerprint density at radius 2 is 1.71 bits per heavy atom. The van der Waals surface area contributed by atoms with Gasteiger partial charge in [0.15, 0.2) is 0 Å². The maximum absolute atomic E-state index is 12.8. The van der Waals surface area contributed by atoms with E-state index < -0.39 is 0 Å². The van der Waals surface area contributed by atoms with Crippen molar-refractivity contribution in [3.05, 3.63) is 95.8 Å². The smallest absolute Gasteiger partial charge is 0.257 e. The molecule has 2 amide bonds. The molecule has 0 aliphatic heterocycles. The van der Waals surface area contributed by atoms with Gasteiger partial charge in [0.2, 0.25) is 0 Å². The second-order valence-electron chi connectivity index (χ2n) is 6.50. The SMILES string of the molecule is CCC[C@H](NC(=O)c1cccc(NC(=O)c2cccnc2)c1)c1ccccc1. The molecule has 3 rings (SSSR count). The van der Waals surface area contributed by atoms with Crippen LogP contribution >= 0.6 is 0 Å². The monoisotopic (exact) mass is 373 g/mol. The van der Waals surface area contributed by atoms with Gasteiger partial charge >= 0.3 is 0 Å². The summed E-state index contributed by atoms with van der Waals surface area (Å²) in [5.41, 5.74) is 2.61. The fourth-order valence-electron chi connectivity index (χ4n) is 2.98. The number of amides is 2. The molecule has 0 radical (unpaired) electrons. The first-order valence-electron chi connectivity index (χ1n) is 9.34. The van der Waals surface area contributed by atoms with Gasteiger partial charge in [0.25, 0.3) is 11.8 Å². The van der Waals surface area contributed by atoms with Gasteiger partial charge in [-0.1, -0.05) is 49.7 Å². The van der Waals surface area contributed by atoms with Crippen LogP contribution in [0.1, 0.15) is 52.1 Å². The third kappa shape index (κ3) is 5.04. The highest BCUT2D eigenvalue weighted by atomic mass is 16.2. The molecule has 0 saturated heterocycles. The number of hydrogen-bond acceptors (Lipinski definition) is 3. The van der Waals surface area contributed by atoms with Gasteiger partial charge in [-0.15, -0.1) is 0 Å². The van der Waals surface area contributed by atoms with Crippen LogP contribution in [0.3, 0.4) is 0 Å². The minimum absolute atomic E-state index is 0.0488. The Kier molecular flexibility index (Phi) is 6.52. The molecule has 2 aromatic carbocycles. The van der Waals surface area contributed by atoms with Crippen molar-refractivity contribution in [3.63, 3.8) is 0 Å². The van der Waals surface area contributed by atoms with Crippen molar-refractivity contribution < 1.29 is 9.59 Å².